The molecule has 1 heterocycles. The fourth-order valence-corrected chi connectivity index (χ4v) is 2.63. The van der Waals surface area contributed by atoms with Crippen molar-refractivity contribution in [3.63, 3.8) is 0 Å². The molecule has 0 saturated heterocycles. The van der Waals surface area contributed by atoms with E-state index in [1.165, 1.54) is 6.08 Å². The van der Waals surface area contributed by atoms with Crippen LogP contribution in [0.5, 0.6) is 0 Å². The lowest BCUT2D eigenvalue weighted by Gasteiger charge is -2.08. The minimum Gasteiger partial charge on any atom is -0.322 e. The minimum atomic E-state index is -0.274. The Labute approximate surface area is 168 Å². The SMILES string of the molecule is O=C(C=Cc1cccnc1)Nc1cccc(NC(=O)c2ccc(CCl)cc2)c1. The highest BCUT2D eigenvalue weighted by atomic mass is 35.5. The zero-order valence-electron chi connectivity index (χ0n) is 14.9. The molecule has 0 radical (unpaired) electrons. The van der Waals surface area contributed by atoms with Gasteiger partial charge in [-0.15, -0.1) is 11.6 Å². The lowest BCUT2D eigenvalue weighted by Crippen LogP contribution is -2.12. The van der Waals surface area contributed by atoms with Gasteiger partial charge < -0.3 is 10.6 Å². The van der Waals surface area contributed by atoms with Gasteiger partial charge in [-0.25, -0.2) is 0 Å². The number of amides is 2. The number of aromatic nitrogens is 1. The van der Waals surface area contributed by atoms with Gasteiger partial charge in [0.1, 0.15) is 0 Å². The van der Waals surface area contributed by atoms with Crippen LogP contribution in [0.3, 0.4) is 0 Å². The van der Waals surface area contributed by atoms with E-state index in [-0.39, 0.29) is 11.8 Å². The first-order chi connectivity index (χ1) is 13.6. The standard InChI is InChI=1S/C22H18ClN3O2/c23-14-16-6-9-18(10-7-16)22(28)26-20-5-1-4-19(13-20)25-21(27)11-8-17-3-2-12-24-15-17/h1-13,15H,14H2,(H,25,27)(H,26,28). The summed E-state index contributed by atoms with van der Waals surface area (Å²) in [6.45, 7) is 0. The lowest BCUT2D eigenvalue weighted by atomic mass is 10.1. The maximum Gasteiger partial charge on any atom is 0.255 e. The molecular formula is C22H18ClN3O2. The van der Waals surface area contributed by atoms with E-state index >= 15 is 0 Å². The molecule has 3 rings (SSSR count). The largest absolute Gasteiger partial charge is 0.322 e. The molecule has 5 nitrogen and oxygen atoms in total. The number of alkyl halides is 1. The summed E-state index contributed by atoms with van der Waals surface area (Å²) in [6, 6.07) is 17.7. The predicted molar refractivity (Wildman–Crippen MR) is 112 cm³/mol. The summed E-state index contributed by atoms with van der Waals surface area (Å²) in [7, 11) is 0. The Morgan fingerprint density at radius 3 is 2.39 bits per heavy atom. The number of halogens is 1. The Balaban J connectivity index is 1.62. The lowest BCUT2D eigenvalue weighted by molar-refractivity contribution is -0.111. The molecule has 3 aromatic rings. The van der Waals surface area contributed by atoms with Crippen molar-refractivity contribution in [1.29, 1.82) is 0 Å². The predicted octanol–water partition coefficient (Wildman–Crippen LogP) is 4.72. The van der Waals surface area contributed by atoms with Gasteiger partial charge in [0.25, 0.3) is 5.91 Å². The third-order valence-electron chi connectivity index (χ3n) is 3.87. The fourth-order valence-electron chi connectivity index (χ4n) is 2.45. The second-order valence-corrected chi connectivity index (χ2v) is 6.24. The Kier molecular flexibility index (Phi) is 6.54. The third kappa shape index (κ3) is 5.53. The Bertz CT molecular complexity index is 986. The first kappa shape index (κ1) is 19.3. The topological polar surface area (TPSA) is 71.1 Å². The molecule has 0 spiro atoms. The Morgan fingerprint density at radius 2 is 1.71 bits per heavy atom. The second-order valence-electron chi connectivity index (χ2n) is 5.97. The van der Waals surface area contributed by atoms with Crippen LogP contribution in [0.1, 0.15) is 21.5 Å². The molecule has 0 fully saturated rings. The minimum absolute atomic E-state index is 0.235. The number of carbonyl (C=O) groups excluding carboxylic acids is 2. The highest BCUT2D eigenvalue weighted by Crippen LogP contribution is 2.17. The van der Waals surface area contributed by atoms with Gasteiger partial charge in [0.05, 0.1) is 0 Å². The van der Waals surface area contributed by atoms with Crippen molar-refractivity contribution in [3.05, 3.63) is 95.8 Å². The highest BCUT2D eigenvalue weighted by molar-refractivity contribution is 6.17. The molecule has 0 atom stereocenters. The Morgan fingerprint density at radius 1 is 0.964 bits per heavy atom. The van der Waals surface area contributed by atoms with E-state index in [9.17, 15) is 9.59 Å². The van der Waals surface area contributed by atoms with Crippen molar-refractivity contribution in [1.82, 2.24) is 4.98 Å². The van der Waals surface area contributed by atoms with E-state index in [2.05, 4.69) is 15.6 Å². The summed E-state index contributed by atoms with van der Waals surface area (Å²) < 4.78 is 0. The van der Waals surface area contributed by atoms with Gasteiger partial charge in [0.2, 0.25) is 5.91 Å². The van der Waals surface area contributed by atoms with E-state index in [1.807, 2.05) is 18.2 Å². The van der Waals surface area contributed by atoms with Crippen LogP contribution in [-0.4, -0.2) is 16.8 Å². The van der Waals surface area contributed by atoms with E-state index in [4.69, 9.17) is 11.6 Å². The van der Waals surface area contributed by atoms with Gasteiger partial charge in [-0.05, 0) is 53.6 Å². The number of carbonyl (C=O) groups is 2. The quantitative estimate of drug-likeness (QED) is 0.471. The summed E-state index contributed by atoms with van der Waals surface area (Å²) in [6.07, 6.45) is 6.45. The summed E-state index contributed by atoms with van der Waals surface area (Å²) >= 11 is 5.76. The van der Waals surface area contributed by atoms with E-state index in [1.54, 1.807) is 60.9 Å². The molecule has 2 amide bonds. The van der Waals surface area contributed by atoms with Gasteiger partial charge in [-0.1, -0.05) is 24.3 Å². The van der Waals surface area contributed by atoms with Gasteiger partial charge in [-0.2, -0.15) is 0 Å². The number of hydrogen-bond donors (Lipinski definition) is 2. The molecule has 0 aliphatic heterocycles. The van der Waals surface area contributed by atoms with Gasteiger partial charge in [0.15, 0.2) is 0 Å². The fraction of sp³-hybridized carbons (Fsp3) is 0.0455. The molecule has 28 heavy (non-hydrogen) atoms. The van der Waals surface area contributed by atoms with Crippen LogP contribution in [0.4, 0.5) is 11.4 Å². The number of rotatable bonds is 6. The summed E-state index contributed by atoms with van der Waals surface area (Å²) in [5.74, 6) is -0.108. The molecule has 0 unspecified atom stereocenters. The number of benzene rings is 2. The van der Waals surface area contributed by atoms with Crippen LogP contribution < -0.4 is 10.6 Å². The van der Waals surface area contributed by atoms with Crippen LogP contribution in [0.2, 0.25) is 0 Å². The summed E-state index contributed by atoms with van der Waals surface area (Å²) in [5.41, 5.74) is 3.47. The van der Waals surface area contributed by atoms with Crippen molar-refractivity contribution < 1.29 is 9.59 Å². The normalized spacial score (nSPS) is 10.6. The monoisotopic (exact) mass is 391 g/mol. The number of pyridine rings is 1. The zero-order chi connectivity index (χ0) is 19.8. The van der Waals surface area contributed by atoms with Crippen molar-refractivity contribution in [2.24, 2.45) is 0 Å². The van der Waals surface area contributed by atoms with Crippen LogP contribution in [0.25, 0.3) is 6.08 Å². The molecule has 0 aliphatic rings. The van der Waals surface area contributed by atoms with Crippen molar-refractivity contribution >= 4 is 40.9 Å². The van der Waals surface area contributed by atoms with Gasteiger partial charge >= 0.3 is 0 Å². The smallest absolute Gasteiger partial charge is 0.255 e. The number of nitrogens with zero attached hydrogens (tertiary/aromatic N) is 1. The number of hydrogen-bond acceptors (Lipinski definition) is 3. The molecule has 6 heteroatoms. The Hall–Kier alpha value is -3.44. The maximum atomic E-state index is 12.4. The summed E-state index contributed by atoms with van der Waals surface area (Å²) in [4.78, 5) is 28.4. The molecule has 1 aromatic heterocycles. The first-order valence-corrected chi connectivity index (χ1v) is 9.13. The molecule has 0 bridgehead atoms. The molecular weight excluding hydrogens is 374 g/mol. The van der Waals surface area contributed by atoms with Crippen molar-refractivity contribution in [2.75, 3.05) is 10.6 Å². The average Bonchev–Trinajstić information content (AvgIpc) is 2.73. The van der Waals surface area contributed by atoms with E-state index < -0.39 is 0 Å². The van der Waals surface area contributed by atoms with E-state index in [0.717, 1.165) is 11.1 Å². The molecule has 0 saturated carbocycles. The van der Waals surface area contributed by atoms with Crippen LogP contribution in [-0.2, 0) is 10.7 Å². The van der Waals surface area contributed by atoms with Crippen LogP contribution >= 0.6 is 11.6 Å². The van der Waals surface area contributed by atoms with Gasteiger partial charge in [-0.3, -0.25) is 14.6 Å². The van der Waals surface area contributed by atoms with E-state index in [0.29, 0.717) is 22.8 Å². The van der Waals surface area contributed by atoms with Crippen molar-refractivity contribution in [3.8, 4) is 0 Å². The molecule has 2 N–H and O–H groups in total. The van der Waals surface area contributed by atoms with Crippen LogP contribution in [0, 0.1) is 0 Å². The second kappa shape index (κ2) is 9.48. The molecule has 0 aliphatic carbocycles. The highest BCUT2D eigenvalue weighted by Gasteiger charge is 2.07. The van der Waals surface area contributed by atoms with Gasteiger partial charge in [0, 0.05) is 41.3 Å². The molecule has 140 valence electrons. The number of anilines is 2. The third-order valence-corrected chi connectivity index (χ3v) is 4.18. The number of nitrogens with one attached hydrogen (secondary N) is 2. The summed E-state index contributed by atoms with van der Waals surface area (Å²) in [5, 5.41) is 5.59. The average molecular weight is 392 g/mol. The maximum absolute atomic E-state index is 12.4. The first-order valence-electron chi connectivity index (χ1n) is 8.59. The zero-order valence-corrected chi connectivity index (χ0v) is 15.7. The van der Waals surface area contributed by atoms with Crippen molar-refractivity contribution in [2.45, 2.75) is 5.88 Å². The van der Waals surface area contributed by atoms with Crippen LogP contribution in [0.15, 0.2) is 79.1 Å². The molecule has 2 aromatic carbocycles.